The summed E-state index contributed by atoms with van der Waals surface area (Å²) in [7, 11) is 0. The molecule has 4 aromatic rings. The van der Waals surface area contributed by atoms with Gasteiger partial charge in [-0.05, 0) is 23.8 Å². The fourth-order valence-electron chi connectivity index (χ4n) is 4.20. The molecule has 0 atom stereocenters. The third-order valence-electron chi connectivity index (χ3n) is 5.75. The number of morpholine rings is 1. The molecule has 0 amide bonds. The van der Waals surface area contributed by atoms with Crippen molar-refractivity contribution >= 4 is 22.5 Å². The van der Waals surface area contributed by atoms with Crippen LogP contribution in [0.3, 0.4) is 0 Å². The average molecular weight is 418 g/mol. The van der Waals surface area contributed by atoms with Crippen LogP contribution in [0.15, 0.2) is 67.0 Å². The first kappa shape index (κ1) is 19.3. The smallest absolute Gasteiger partial charge is 0.0594 e. The Hall–Kier alpha value is -2.66. The molecule has 0 bridgehead atoms. The first-order valence-corrected chi connectivity index (χ1v) is 10.8. The van der Waals surface area contributed by atoms with Crippen molar-refractivity contribution in [2.45, 2.75) is 6.42 Å². The molecule has 0 aliphatic carbocycles. The van der Waals surface area contributed by atoms with Gasteiger partial charge in [-0.3, -0.25) is 9.88 Å². The highest BCUT2D eigenvalue weighted by atomic mass is 35.5. The highest BCUT2D eigenvalue weighted by Gasteiger charge is 2.17. The van der Waals surface area contributed by atoms with Crippen LogP contribution in [-0.2, 0) is 11.2 Å². The number of rotatable bonds is 5. The summed E-state index contributed by atoms with van der Waals surface area (Å²) in [6.45, 7) is 4.62. The van der Waals surface area contributed by atoms with Crippen molar-refractivity contribution < 1.29 is 4.74 Å². The second kappa shape index (κ2) is 8.60. The molecule has 0 saturated carbocycles. The summed E-state index contributed by atoms with van der Waals surface area (Å²) >= 11 is 6.28. The summed E-state index contributed by atoms with van der Waals surface area (Å²) < 4.78 is 5.49. The van der Waals surface area contributed by atoms with Crippen LogP contribution in [0.4, 0.5) is 0 Å². The summed E-state index contributed by atoms with van der Waals surface area (Å²) in [6, 6.07) is 18.7. The summed E-state index contributed by atoms with van der Waals surface area (Å²) in [5, 5.41) is 1.93. The van der Waals surface area contributed by atoms with Crippen molar-refractivity contribution in [3.63, 3.8) is 0 Å². The largest absolute Gasteiger partial charge is 0.379 e. The van der Waals surface area contributed by atoms with Crippen LogP contribution in [0, 0.1) is 0 Å². The number of halogens is 1. The number of nitrogens with zero attached hydrogens (tertiary/aromatic N) is 2. The fraction of sp³-hybridized carbons (Fsp3) is 0.240. The van der Waals surface area contributed by atoms with Crippen molar-refractivity contribution in [1.29, 1.82) is 0 Å². The molecule has 0 radical (unpaired) electrons. The molecule has 1 saturated heterocycles. The van der Waals surface area contributed by atoms with Crippen LogP contribution >= 0.6 is 11.6 Å². The van der Waals surface area contributed by atoms with Gasteiger partial charge in [-0.2, -0.15) is 0 Å². The van der Waals surface area contributed by atoms with Crippen LogP contribution < -0.4 is 0 Å². The number of hydrogen-bond donors (Lipinski definition) is 1. The predicted octanol–water partition coefficient (Wildman–Crippen LogP) is 5.43. The Morgan fingerprint density at radius 3 is 2.57 bits per heavy atom. The molecular formula is C25H24ClN3O. The fourth-order valence-corrected chi connectivity index (χ4v) is 4.37. The molecule has 2 aromatic carbocycles. The number of fused-ring (bicyclic) bond motifs is 1. The molecule has 2 aromatic heterocycles. The van der Waals surface area contributed by atoms with E-state index >= 15 is 0 Å². The maximum atomic E-state index is 6.28. The second-order valence-electron chi connectivity index (χ2n) is 7.70. The third kappa shape index (κ3) is 3.99. The Bertz CT molecular complexity index is 1150. The molecule has 152 valence electrons. The molecule has 1 fully saturated rings. The predicted molar refractivity (Wildman–Crippen MR) is 123 cm³/mol. The van der Waals surface area contributed by atoms with E-state index < -0.39 is 0 Å². The molecule has 30 heavy (non-hydrogen) atoms. The van der Waals surface area contributed by atoms with Gasteiger partial charge in [-0.15, -0.1) is 0 Å². The lowest BCUT2D eigenvalue weighted by atomic mass is 9.98. The molecule has 4 nitrogen and oxygen atoms in total. The highest BCUT2D eigenvalue weighted by molar-refractivity contribution is 6.31. The summed E-state index contributed by atoms with van der Waals surface area (Å²) in [4.78, 5) is 10.7. The van der Waals surface area contributed by atoms with Crippen LogP contribution in [0.5, 0.6) is 0 Å². The lowest BCUT2D eigenvalue weighted by Gasteiger charge is -2.26. The Morgan fingerprint density at radius 1 is 0.933 bits per heavy atom. The van der Waals surface area contributed by atoms with Crippen LogP contribution in [0.1, 0.15) is 5.69 Å². The van der Waals surface area contributed by atoms with E-state index in [9.17, 15) is 0 Å². The van der Waals surface area contributed by atoms with Gasteiger partial charge in [-0.1, -0.05) is 48.0 Å². The van der Waals surface area contributed by atoms with Gasteiger partial charge in [0.15, 0.2) is 0 Å². The highest BCUT2D eigenvalue weighted by Crippen LogP contribution is 2.35. The number of ether oxygens (including phenoxy) is 1. The number of pyridine rings is 1. The number of hydrogen-bond acceptors (Lipinski definition) is 3. The average Bonchev–Trinajstić information content (AvgIpc) is 3.16. The van der Waals surface area contributed by atoms with E-state index in [0.29, 0.717) is 0 Å². The quantitative estimate of drug-likeness (QED) is 0.471. The Balaban J connectivity index is 1.55. The van der Waals surface area contributed by atoms with Crippen molar-refractivity contribution in [1.82, 2.24) is 14.9 Å². The van der Waals surface area contributed by atoms with Crippen molar-refractivity contribution in [3.05, 3.63) is 77.7 Å². The Kier molecular flexibility index (Phi) is 5.54. The van der Waals surface area contributed by atoms with E-state index in [-0.39, 0.29) is 0 Å². The molecule has 5 heteroatoms. The van der Waals surface area contributed by atoms with Crippen LogP contribution in [-0.4, -0.2) is 47.7 Å². The number of H-pyrrole nitrogens is 1. The van der Waals surface area contributed by atoms with Crippen LogP contribution in [0.25, 0.3) is 33.2 Å². The van der Waals surface area contributed by atoms with Gasteiger partial charge in [0.1, 0.15) is 0 Å². The third-order valence-corrected chi connectivity index (χ3v) is 5.99. The number of aromatic amines is 1. The lowest BCUT2D eigenvalue weighted by molar-refractivity contribution is 0.0384. The number of benzene rings is 2. The van der Waals surface area contributed by atoms with Crippen molar-refractivity contribution in [3.8, 4) is 22.3 Å². The minimum atomic E-state index is 0.742. The zero-order valence-electron chi connectivity index (χ0n) is 16.8. The van der Waals surface area contributed by atoms with E-state index in [1.807, 2.05) is 30.6 Å². The molecular weight excluding hydrogens is 394 g/mol. The maximum Gasteiger partial charge on any atom is 0.0594 e. The van der Waals surface area contributed by atoms with Gasteiger partial charge < -0.3 is 9.72 Å². The van der Waals surface area contributed by atoms with Gasteiger partial charge >= 0.3 is 0 Å². The van der Waals surface area contributed by atoms with Crippen molar-refractivity contribution in [2.75, 3.05) is 32.8 Å². The molecule has 5 rings (SSSR count). The van der Waals surface area contributed by atoms with Crippen LogP contribution in [0.2, 0.25) is 5.02 Å². The van der Waals surface area contributed by atoms with Gasteiger partial charge in [0, 0.05) is 76.8 Å². The lowest BCUT2D eigenvalue weighted by Crippen LogP contribution is -2.37. The SMILES string of the molecule is Clc1ccc2c(-c3cncc(-c4ccccc4)c3)c(CCN3CCOCC3)[nH]c2c1. The topological polar surface area (TPSA) is 41.2 Å². The van der Waals surface area contributed by atoms with Gasteiger partial charge in [0.25, 0.3) is 0 Å². The molecule has 0 unspecified atom stereocenters. The summed E-state index contributed by atoms with van der Waals surface area (Å²) in [6.07, 6.45) is 4.83. The van der Waals surface area contributed by atoms with Gasteiger partial charge in [0.05, 0.1) is 13.2 Å². The summed E-state index contributed by atoms with van der Waals surface area (Å²) in [5.41, 5.74) is 6.94. The van der Waals surface area contributed by atoms with Crippen molar-refractivity contribution in [2.24, 2.45) is 0 Å². The van der Waals surface area contributed by atoms with Gasteiger partial charge in [-0.25, -0.2) is 0 Å². The standard InChI is InChI=1S/C25H24ClN3O/c26-21-6-7-22-24(15-21)28-23(8-9-29-10-12-30-13-11-29)25(22)20-14-19(16-27-17-20)18-4-2-1-3-5-18/h1-7,14-17,28H,8-13H2. The van der Waals surface area contributed by atoms with E-state index in [1.165, 1.54) is 22.2 Å². The summed E-state index contributed by atoms with van der Waals surface area (Å²) in [5.74, 6) is 0. The maximum absolute atomic E-state index is 6.28. The number of aromatic nitrogens is 2. The molecule has 1 aliphatic rings. The first-order chi connectivity index (χ1) is 14.8. The van der Waals surface area contributed by atoms with E-state index in [2.05, 4.69) is 51.3 Å². The minimum Gasteiger partial charge on any atom is -0.379 e. The molecule has 0 spiro atoms. The van der Waals surface area contributed by atoms with E-state index in [0.717, 1.165) is 60.9 Å². The molecule has 1 aliphatic heterocycles. The molecule has 1 N–H and O–H groups in total. The monoisotopic (exact) mass is 417 g/mol. The number of nitrogens with one attached hydrogen (secondary N) is 1. The van der Waals surface area contributed by atoms with E-state index in [1.54, 1.807) is 0 Å². The molecule has 3 heterocycles. The van der Waals surface area contributed by atoms with E-state index in [4.69, 9.17) is 16.3 Å². The zero-order valence-corrected chi connectivity index (χ0v) is 17.5. The zero-order chi connectivity index (χ0) is 20.3. The Labute approximate surface area is 181 Å². The first-order valence-electron chi connectivity index (χ1n) is 10.4. The Morgan fingerprint density at radius 2 is 1.73 bits per heavy atom. The second-order valence-corrected chi connectivity index (χ2v) is 8.14. The minimum absolute atomic E-state index is 0.742. The normalized spacial score (nSPS) is 15.0. The van der Waals surface area contributed by atoms with Gasteiger partial charge in [0.2, 0.25) is 0 Å².